The number of imide groups is 1. The topological polar surface area (TPSA) is 81.7 Å². The third kappa shape index (κ3) is 3.38. The Labute approximate surface area is 180 Å². The van der Waals surface area contributed by atoms with E-state index >= 15 is 0 Å². The van der Waals surface area contributed by atoms with E-state index in [2.05, 4.69) is 25.1 Å². The minimum atomic E-state index is -1.09. The molecule has 8 heteroatoms. The van der Waals surface area contributed by atoms with E-state index in [9.17, 15) is 9.59 Å². The van der Waals surface area contributed by atoms with Crippen LogP contribution in [0.4, 0.5) is 10.7 Å². The number of piperazine rings is 1. The van der Waals surface area contributed by atoms with E-state index in [-0.39, 0.29) is 18.6 Å². The highest BCUT2D eigenvalue weighted by molar-refractivity contribution is 6.09. The van der Waals surface area contributed by atoms with Crippen LogP contribution in [-0.4, -0.2) is 64.6 Å². The quantitative estimate of drug-likeness (QED) is 0.657. The number of rotatable bonds is 4. The van der Waals surface area contributed by atoms with Crippen LogP contribution in [-0.2, 0) is 10.3 Å². The predicted octanol–water partition coefficient (Wildman–Crippen LogP) is 2.18. The van der Waals surface area contributed by atoms with Gasteiger partial charge in [0.1, 0.15) is 5.54 Å². The number of aromatic nitrogens is 2. The molecule has 2 fully saturated rings. The lowest BCUT2D eigenvalue weighted by Crippen LogP contribution is -2.52. The maximum atomic E-state index is 13.4. The standard InChI is InChI=1S/C23H24N6O2/c1-23(19-9-4-7-17-6-2-3-8-18(17)19)20(30)29(22(31)26-23)16-27-12-14-28(15-13-27)21-24-10-5-11-25-21/h2-11H,12-16H2,1H3,(H,26,31)/t23-/m1/s1. The van der Waals surface area contributed by atoms with Gasteiger partial charge in [0.05, 0.1) is 6.67 Å². The Bertz CT molecular complexity index is 1120. The molecule has 0 spiro atoms. The number of urea groups is 1. The molecule has 2 aromatic carbocycles. The van der Waals surface area contributed by atoms with Crippen LogP contribution in [0.2, 0.25) is 0 Å². The van der Waals surface area contributed by atoms with E-state index in [0.29, 0.717) is 5.95 Å². The zero-order chi connectivity index (χ0) is 21.4. The third-order valence-corrected chi connectivity index (χ3v) is 6.15. The number of carbonyl (C=O) groups excluding carboxylic acids is 2. The first kappa shape index (κ1) is 19.4. The zero-order valence-corrected chi connectivity index (χ0v) is 17.4. The number of hydrogen-bond acceptors (Lipinski definition) is 6. The van der Waals surface area contributed by atoms with Crippen LogP contribution in [0.1, 0.15) is 12.5 Å². The van der Waals surface area contributed by atoms with Crippen LogP contribution in [0.3, 0.4) is 0 Å². The summed E-state index contributed by atoms with van der Waals surface area (Å²) in [6.07, 6.45) is 3.46. The van der Waals surface area contributed by atoms with Crippen molar-refractivity contribution in [3.8, 4) is 0 Å². The molecular weight excluding hydrogens is 392 g/mol. The fraction of sp³-hybridized carbons (Fsp3) is 0.304. The number of nitrogens with zero attached hydrogens (tertiary/aromatic N) is 5. The molecule has 5 rings (SSSR count). The van der Waals surface area contributed by atoms with Crippen LogP contribution >= 0.6 is 0 Å². The average molecular weight is 416 g/mol. The zero-order valence-electron chi connectivity index (χ0n) is 17.4. The number of hydrogen-bond donors (Lipinski definition) is 1. The van der Waals surface area contributed by atoms with E-state index in [0.717, 1.165) is 42.5 Å². The molecule has 1 atom stereocenters. The number of anilines is 1. The first-order chi connectivity index (χ1) is 15.1. The predicted molar refractivity (Wildman–Crippen MR) is 117 cm³/mol. The van der Waals surface area contributed by atoms with Crippen LogP contribution in [0, 0.1) is 0 Å². The number of carbonyl (C=O) groups is 2. The van der Waals surface area contributed by atoms with Crippen molar-refractivity contribution in [1.82, 2.24) is 25.1 Å². The van der Waals surface area contributed by atoms with Crippen LogP contribution < -0.4 is 10.2 Å². The van der Waals surface area contributed by atoms with Gasteiger partial charge in [-0.2, -0.15) is 0 Å². The van der Waals surface area contributed by atoms with E-state index in [1.165, 1.54) is 4.90 Å². The van der Waals surface area contributed by atoms with Gasteiger partial charge in [-0.15, -0.1) is 0 Å². The first-order valence-electron chi connectivity index (χ1n) is 10.4. The molecule has 3 heterocycles. The van der Waals surface area contributed by atoms with Gasteiger partial charge in [-0.05, 0) is 29.3 Å². The highest BCUT2D eigenvalue weighted by Gasteiger charge is 2.50. The van der Waals surface area contributed by atoms with Crippen molar-refractivity contribution in [2.45, 2.75) is 12.5 Å². The van der Waals surface area contributed by atoms with Gasteiger partial charge < -0.3 is 10.2 Å². The maximum absolute atomic E-state index is 13.4. The van der Waals surface area contributed by atoms with Crippen molar-refractivity contribution in [2.24, 2.45) is 0 Å². The van der Waals surface area contributed by atoms with Gasteiger partial charge in [0.25, 0.3) is 5.91 Å². The second-order valence-corrected chi connectivity index (χ2v) is 8.11. The fourth-order valence-electron chi connectivity index (χ4n) is 4.41. The molecule has 0 bridgehead atoms. The highest BCUT2D eigenvalue weighted by Crippen LogP contribution is 2.34. The Balaban J connectivity index is 1.32. The lowest BCUT2D eigenvalue weighted by molar-refractivity contribution is -0.132. The Morgan fingerprint density at radius 2 is 1.65 bits per heavy atom. The van der Waals surface area contributed by atoms with Gasteiger partial charge in [-0.1, -0.05) is 42.5 Å². The van der Waals surface area contributed by atoms with Crippen molar-refractivity contribution in [3.05, 3.63) is 66.5 Å². The molecule has 3 aromatic rings. The molecule has 0 saturated carbocycles. The molecule has 2 saturated heterocycles. The fourth-order valence-corrected chi connectivity index (χ4v) is 4.41. The molecule has 1 N–H and O–H groups in total. The minimum absolute atomic E-state index is 0.220. The summed E-state index contributed by atoms with van der Waals surface area (Å²) in [5, 5.41) is 4.96. The summed E-state index contributed by atoms with van der Waals surface area (Å²) in [5.74, 6) is 0.489. The molecule has 0 aliphatic carbocycles. The van der Waals surface area contributed by atoms with E-state index in [1.807, 2.05) is 42.5 Å². The summed E-state index contributed by atoms with van der Waals surface area (Å²) in [6.45, 7) is 5.00. The third-order valence-electron chi connectivity index (χ3n) is 6.15. The van der Waals surface area contributed by atoms with Crippen LogP contribution in [0.5, 0.6) is 0 Å². The molecule has 31 heavy (non-hydrogen) atoms. The van der Waals surface area contributed by atoms with Gasteiger partial charge in [0.15, 0.2) is 0 Å². The molecule has 8 nitrogen and oxygen atoms in total. The second kappa shape index (κ2) is 7.63. The number of fused-ring (bicyclic) bond motifs is 1. The van der Waals surface area contributed by atoms with Crippen molar-refractivity contribution >= 4 is 28.7 Å². The van der Waals surface area contributed by atoms with Gasteiger partial charge in [0, 0.05) is 38.6 Å². The van der Waals surface area contributed by atoms with Crippen molar-refractivity contribution in [3.63, 3.8) is 0 Å². The summed E-state index contributed by atoms with van der Waals surface area (Å²) in [4.78, 5) is 40.4. The minimum Gasteiger partial charge on any atom is -0.338 e. The molecule has 158 valence electrons. The summed E-state index contributed by atoms with van der Waals surface area (Å²) in [6, 6.07) is 15.2. The summed E-state index contributed by atoms with van der Waals surface area (Å²) >= 11 is 0. The van der Waals surface area contributed by atoms with Gasteiger partial charge in [0.2, 0.25) is 5.95 Å². The Morgan fingerprint density at radius 1 is 0.935 bits per heavy atom. The smallest absolute Gasteiger partial charge is 0.326 e. The summed E-state index contributed by atoms with van der Waals surface area (Å²) in [5.41, 5.74) is -0.269. The summed E-state index contributed by atoms with van der Waals surface area (Å²) in [7, 11) is 0. The second-order valence-electron chi connectivity index (χ2n) is 8.11. The summed E-state index contributed by atoms with van der Waals surface area (Å²) < 4.78 is 0. The van der Waals surface area contributed by atoms with Gasteiger partial charge in [-0.3, -0.25) is 9.69 Å². The SMILES string of the molecule is C[C@]1(c2cccc3ccccc23)NC(=O)N(CN2CCN(c3ncccn3)CC2)C1=O. The first-order valence-corrected chi connectivity index (χ1v) is 10.4. The van der Waals surface area contributed by atoms with E-state index < -0.39 is 5.54 Å². The van der Waals surface area contributed by atoms with Crippen molar-refractivity contribution in [1.29, 1.82) is 0 Å². The maximum Gasteiger partial charge on any atom is 0.326 e. The van der Waals surface area contributed by atoms with Crippen LogP contribution in [0.25, 0.3) is 10.8 Å². The Hall–Kier alpha value is -3.52. The van der Waals surface area contributed by atoms with E-state index in [4.69, 9.17) is 0 Å². The lowest BCUT2D eigenvalue weighted by Gasteiger charge is -2.36. The molecule has 0 unspecified atom stereocenters. The molecular formula is C23H24N6O2. The van der Waals surface area contributed by atoms with Crippen molar-refractivity contribution < 1.29 is 9.59 Å². The molecule has 0 radical (unpaired) electrons. The molecule has 2 aliphatic heterocycles. The average Bonchev–Trinajstić information content (AvgIpc) is 3.03. The normalized spacial score (nSPS) is 22.2. The largest absolute Gasteiger partial charge is 0.338 e. The van der Waals surface area contributed by atoms with E-state index in [1.54, 1.807) is 25.4 Å². The molecule has 1 aromatic heterocycles. The van der Waals surface area contributed by atoms with Gasteiger partial charge in [-0.25, -0.2) is 19.7 Å². The number of benzene rings is 2. The monoisotopic (exact) mass is 416 g/mol. The lowest BCUT2D eigenvalue weighted by atomic mass is 9.88. The molecule has 2 aliphatic rings. The number of nitrogens with one attached hydrogen (secondary N) is 1. The molecule has 3 amide bonds. The van der Waals surface area contributed by atoms with Crippen LogP contribution in [0.15, 0.2) is 60.9 Å². The Morgan fingerprint density at radius 3 is 2.42 bits per heavy atom. The Kier molecular flexibility index (Phi) is 4.78. The van der Waals surface area contributed by atoms with Gasteiger partial charge >= 0.3 is 6.03 Å². The number of amides is 3. The van der Waals surface area contributed by atoms with Crippen molar-refractivity contribution in [2.75, 3.05) is 37.7 Å². The highest BCUT2D eigenvalue weighted by atomic mass is 16.2.